The van der Waals surface area contributed by atoms with Gasteiger partial charge in [0.25, 0.3) is 5.91 Å². The Morgan fingerprint density at radius 3 is 2.54 bits per heavy atom. The van der Waals surface area contributed by atoms with Crippen LogP contribution in [0.2, 0.25) is 5.02 Å². The molecular formula is C18H19Cl2FN2O. The Balaban J connectivity index is 0.00000208. The summed E-state index contributed by atoms with van der Waals surface area (Å²) < 4.78 is 13.5. The molecule has 0 aromatic heterocycles. The van der Waals surface area contributed by atoms with Crippen molar-refractivity contribution in [3.05, 3.63) is 70.5 Å². The zero-order valence-corrected chi connectivity index (χ0v) is 14.6. The molecule has 0 unspecified atom stereocenters. The number of hydrogen-bond donors (Lipinski definition) is 1. The molecule has 1 saturated heterocycles. The number of carbonyl (C=O) groups is 1. The molecule has 1 heterocycles. The van der Waals surface area contributed by atoms with Gasteiger partial charge in [-0.05, 0) is 36.2 Å². The van der Waals surface area contributed by atoms with Gasteiger partial charge in [0.05, 0.1) is 0 Å². The van der Waals surface area contributed by atoms with E-state index in [0.717, 1.165) is 0 Å². The van der Waals surface area contributed by atoms with E-state index in [9.17, 15) is 9.18 Å². The van der Waals surface area contributed by atoms with Gasteiger partial charge >= 0.3 is 0 Å². The maximum absolute atomic E-state index is 13.5. The lowest BCUT2D eigenvalue weighted by Crippen LogP contribution is -2.29. The van der Waals surface area contributed by atoms with Crippen molar-refractivity contribution >= 4 is 29.9 Å². The molecular weight excluding hydrogens is 350 g/mol. The molecule has 24 heavy (non-hydrogen) atoms. The van der Waals surface area contributed by atoms with Gasteiger partial charge in [0.1, 0.15) is 5.82 Å². The molecule has 0 aliphatic carbocycles. The number of benzene rings is 2. The van der Waals surface area contributed by atoms with E-state index < -0.39 is 5.82 Å². The summed E-state index contributed by atoms with van der Waals surface area (Å²) in [5.74, 6) is -0.308. The third-order valence-electron chi connectivity index (χ3n) is 4.37. The number of rotatable bonds is 3. The first kappa shape index (κ1) is 18.7. The molecule has 2 aromatic rings. The first-order valence-electron chi connectivity index (χ1n) is 7.59. The summed E-state index contributed by atoms with van der Waals surface area (Å²) in [6, 6.07) is 14.0. The minimum atomic E-state index is -0.505. The Hall–Kier alpha value is -1.62. The van der Waals surface area contributed by atoms with Crippen molar-refractivity contribution in [3.63, 3.8) is 0 Å². The molecule has 2 N–H and O–H groups in total. The number of halogens is 3. The highest BCUT2D eigenvalue weighted by molar-refractivity contribution is 6.31. The van der Waals surface area contributed by atoms with E-state index in [4.69, 9.17) is 17.3 Å². The largest absolute Gasteiger partial charge is 0.338 e. The van der Waals surface area contributed by atoms with Crippen molar-refractivity contribution in [1.82, 2.24) is 4.90 Å². The van der Waals surface area contributed by atoms with Gasteiger partial charge in [0.2, 0.25) is 0 Å². The number of nitrogens with zero attached hydrogens (tertiary/aromatic N) is 1. The van der Waals surface area contributed by atoms with E-state index in [1.54, 1.807) is 4.90 Å². The highest BCUT2D eigenvalue weighted by atomic mass is 35.5. The predicted molar refractivity (Wildman–Crippen MR) is 96.3 cm³/mol. The molecule has 0 bridgehead atoms. The van der Waals surface area contributed by atoms with Crippen LogP contribution in [-0.4, -0.2) is 30.4 Å². The van der Waals surface area contributed by atoms with Crippen LogP contribution in [0.3, 0.4) is 0 Å². The van der Waals surface area contributed by atoms with Crippen molar-refractivity contribution in [3.8, 4) is 0 Å². The van der Waals surface area contributed by atoms with E-state index in [1.165, 1.54) is 23.8 Å². The fourth-order valence-corrected chi connectivity index (χ4v) is 3.44. The van der Waals surface area contributed by atoms with Crippen LogP contribution in [0.15, 0.2) is 48.5 Å². The molecule has 128 valence electrons. The molecule has 0 radical (unpaired) electrons. The molecule has 1 amide bonds. The van der Waals surface area contributed by atoms with Crippen LogP contribution in [0.25, 0.3) is 0 Å². The molecule has 0 spiro atoms. The smallest absolute Gasteiger partial charge is 0.254 e. The second kappa shape index (κ2) is 7.97. The van der Waals surface area contributed by atoms with E-state index in [1.807, 2.05) is 18.2 Å². The summed E-state index contributed by atoms with van der Waals surface area (Å²) in [5, 5.41) is 0.225. The van der Waals surface area contributed by atoms with Crippen molar-refractivity contribution in [2.45, 2.75) is 5.92 Å². The summed E-state index contributed by atoms with van der Waals surface area (Å²) in [4.78, 5) is 14.4. The summed E-state index contributed by atoms with van der Waals surface area (Å²) in [7, 11) is 0. The van der Waals surface area contributed by atoms with Crippen LogP contribution in [0.5, 0.6) is 0 Å². The topological polar surface area (TPSA) is 46.3 Å². The van der Waals surface area contributed by atoms with Crippen LogP contribution >= 0.6 is 24.0 Å². The van der Waals surface area contributed by atoms with Crippen LogP contribution < -0.4 is 5.73 Å². The van der Waals surface area contributed by atoms with Crippen LogP contribution in [0.1, 0.15) is 21.8 Å². The highest BCUT2D eigenvalue weighted by Gasteiger charge is 2.35. The van der Waals surface area contributed by atoms with Crippen molar-refractivity contribution in [1.29, 1.82) is 0 Å². The lowest BCUT2D eigenvalue weighted by molar-refractivity contribution is 0.0786. The molecule has 6 heteroatoms. The van der Waals surface area contributed by atoms with Crippen LogP contribution in [-0.2, 0) is 0 Å². The molecule has 2 aromatic carbocycles. The normalized spacial score (nSPS) is 19.9. The first-order valence-corrected chi connectivity index (χ1v) is 7.96. The summed E-state index contributed by atoms with van der Waals surface area (Å²) in [6.07, 6.45) is 0. The Labute approximate surface area is 152 Å². The fraction of sp³-hybridized carbons (Fsp3) is 0.278. The predicted octanol–water partition coefficient (Wildman–Crippen LogP) is 3.72. The second-order valence-electron chi connectivity index (χ2n) is 5.88. The molecule has 2 atom stereocenters. The molecule has 1 aliphatic heterocycles. The third kappa shape index (κ3) is 3.89. The summed E-state index contributed by atoms with van der Waals surface area (Å²) >= 11 is 5.85. The SMILES string of the molecule is Cl.NC[C@@H]1CN(C(=O)c2cc(F)cc(Cl)c2)C[C@H]1c1ccccc1. The van der Waals surface area contributed by atoms with Crippen molar-refractivity contribution < 1.29 is 9.18 Å². The number of likely N-dealkylation sites (tertiary alicyclic amines) is 1. The number of amides is 1. The highest BCUT2D eigenvalue weighted by Crippen LogP contribution is 2.33. The van der Waals surface area contributed by atoms with E-state index >= 15 is 0 Å². The second-order valence-corrected chi connectivity index (χ2v) is 6.32. The maximum atomic E-state index is 13.5. The minimum absolute atomic E-state index is 0. The van der Waals surface area contributed by atoms with Crippen LogP contribution in [0, 0.1) is 11.7 Å². The molecule has 3 rings (SSSR count). The fourth-order valence-electron chi connectivity index (χ4n) is 3.21. The van der Waals surface area contributed by atoms with E-state index in [2.05, 4.69) is 12.1 Å². The van der Waals surface area contributed by atoms with Gasteiger partial charge in [0, 0.05) is 29.6 Å². The van der Waals surface area contributed by atoms with Gasteiger partial charge in [-0.15, -0.1) is 12.4 Å². The average molecular weight is 369 g/mol. The molecule has 3 nitrogen and oxygen atoms in total. The van der Waals surface area contributed by atoms with Crippen molar-refractivity contribution in [2.24, 2.45) is 11.7 Å². The van der Waals surface area contributed by atoms with Gasteiger partial charge in [-0.25, -0.2) is 4.39 Å². The quantitative estimate of drug-likeness (QED) is 0.897. The third-order valence-corrected chi connectivity index (χ3v) is 4.59. The standard InChI is InChI=1S/C18H18ClFN2O.ClH/c19-15-6-13(7-16(20)8-15)18(23)22-10-14(9-21)17(11-22)12-4-2-1-3-5-12;/h1-8,14,17H,9-11,21H2;1H/t14-,17+;/m1./s1. The van der Waals surface area contributed by atoms with Gasteiger partial charge in [-0.3, -0.25) is 4.79 Å². The summed E-state index contributed by atoms with van der Waals surface area (Å²) in [6.45, 7) is 1.66. The Morgan fingerprint density at radius 1 is 1.21 bits per heavy atom. The van der Waals surface area contributed by atoms with E-state index in [-0.39, 0.29) is 40.7 Å². The zero-order valence-electron chi connectivity index (χ0n) is 13.0. The first-order chi connectivity index (χ1) is 11.1. The molecule has 1 fully saturated rings. The van der Waals surface area contributed by atoms with Gasteiger partial charge in [-0.2, -0.15) is 0 Å². The lowest BCUT2D eigenvalue weighted by Gasteiger charge is -2.17. The van der Waals surface area contributed by atoms with E-state index in [0.29, 0.717) is 19.6 Å². The van der Waals surface area contributed by atoms with Gasteiger partial charge < -0.3 is 10.6 Å². The minimum Gasteiger partial charge on any atom is -0.338 e. The number of hydrogen-bond acceptors (Lipinski definition) is 2. The van der Waals surface area contributed by atoms with Gasteiger partial charge in [0.15, 0.2) is 0 Å². The monoisotopic (exact) mass is 368 g/mol. The molecule has 0 saturated carbocycles. The van der Waals surface area contributed by atoms with Gasteiger partial charge in [-0.1, -0.05) is 41.9 Å². The summed E-state index contributed by atoms with van der Waals surface area (Å²) in [5.41, 5.74) is 7.35. The van der Waals surface area contributed by atoms with Crippen molar-refractivity contribution in [2.75, 3.05) is 19.6 Å². The number of carbonyl (C=O) groups excluding carboxylic acids is 1. The molecule has 1 aliphatic rings. The Bertz CT molecular complexity index is 691. The Morgan fingerprint density at radius 2 is 1.92 bits per heavy atom. The maximum Gasteiger partial charge on any atom is 0.254 e. The van der Waals surface area contributed by atoms with Crippen LogP contribution in [0.4, 0.5) is 4.39 Å². The number of nitrogens with two attached hydrogens (primary N) is 1. The zero-order chi connectivity index (χ0) is 16.4. The Kier molecular flexibility index (Phi) is 6.21. The lowest BCUT2D eigenvalue weighted by atomic mass is 9.89. The average Bonchev–Trinajstić information content (AvgIpc) is 2.98.